The normalized spacial score (nSPS) is 10.5. The topological polar surface area (TPSA) is 26.0 Å². The second kappa shape index (κ2) is 5.71. The van der Waals surface area contributed by atoms with Gasteiger partial charge in [0.2, 0.25) is 0 Å². The number of rotatable bonds is 3. The Bertz CT molecular complexity index is 525. The molecular formula is C14H14BrNS. The summed E-state index contributed by atoms with van der Waals surface area (Å²) < 4.78 is 1.12. The van der Waals surface area contributed by atoms with Crippen molar-refractivity contribution in [2.24, 2.45) is 5.73 Å². The molecule has 0 atom stereocenters. The Balaban J connectivity index is 2.35. The molecule has 0 spiro atoms. The standard InChI is InChI=1S/C14H14BrNS/c1-10-6-7-11(9-16)14(8-10)17-13-5-3-2-4-12(13)15/h2-8H,9,16H2,1H3. The van der Waals surface area contributed by atoms with Gasteiger partial charge in [-0.05, 0) is 52.2 Å². The van der Waals surface area contributed by atoms with Gasteiger partial charge in [-0.15, -0.1) is 0 Å². The zero-order valence-electron chi connectivity index (χ0n) is 9.61. The second-order valence-corrected chi connectivity index (χ2v) is 5.79. The molecule has 0 saturated heterocycles. The van der Waals surface area contributed by atoms with E-state index in [-0.39, 0.29) is 0 Å². The van der Waals surface area contributed by atoms with E-state index >= 15 is 0 Å². The van der Waals surface area contributed by atoms with Crippen molar-refractivity contribution in [3.05, 3.63) is 58.1 Å². The lowest BCUT2D eigenvalue weighted by atomic mass is 10.1. The molecular weight excluding hydrogens is 294 g/mol. The van der Waals surface area contributed by atoms with E-state index < -0.39 is 0 Å². The van der Waals surface area contributed by atoms with E-state index in [1.807, 2.05) is 12.1 Å². The minimum atomic E-state index is 0.576. The van der Waals surface area contributed by atoms with Crippen LogP contribution in [0, 0.1) is 6.92 Å². The van der Waals surface area contributed by atoms with Gasteiger partial charge in [-0.3, -0.25) is 0 Å². The van der Waals surface area contributed by atoms with Crippen molar-refractivity contribution < 1.29 is 0 Å². The fraction of sp³-hybridized carbons (Fsp3) is 0.143. The molecule has 0 aliphatic heterocycles. The Morgan fingerprint density at radius 1 is 1.12 bits per heavy atom. The highest BCUT2D eigenvalue weighted by Crippen LogP contribution is 2.35. The SMILES string of the molecule is Cc1ccc(CN)c(Sc2ccccc2Br)c1. The van der Waals surface area contributed by atoms with Crippen molar-refractivity contribution in [3.8, 4) is 0 Å². The Morgan fingerprint density at radius 2 is 1.88 bits per heavy atom. The van der Waals surface area contributed by atoms with Crippen LogP contribution in [-0.2, 0) is 6.54 Å². The van der Waals surface area contributed by atoms with Crippen molar-refractivity contribution in [3.63, 3.8) is 0 Å². The van der Waals surface area contributed by atoms with Crippen LogP contribution in [0.1, 0.15) is 11.1 Å². The van der Waals surface area contributed by atoms with Gasteiger partial charge >= 0.3 is 0 Å². The summed E-state index contributed by atoms with van der Waals surface area (Å²) in [6, 6.07) is 14.6. The molecule has 0 unspecified atom stereocenters. The maximum atomic E-state index is 5.77. The van der Waals surface area contributed by atoms with Crippen LogP contribution in [0.15, 0.2) is 56.7 Å². The molecule has 17 heavy (non-hydrogen) atoms. The first-order valence-electron chi connectivity index (χ1n) is 5.42. The minimum absolute atomic E-state index is 0.576. The van der Waals surface area contributed by atoms with Crippen LogP contribution in [-0.4, -0.2) is 0 Å². The molecule has 0 radical (unpaired) electrons. The molecule has 2 N–H and O–H groups in total. The van der Waals surface area contributed by atoms with Gasteiger partial charge in [-0.25, -0.2) is 0 Å². The lowest BCUT2D eigenvalue weighted by molar-refractivity contribution is 1.02. The molecule has 2 aromatic carbocycles. The molecule has 0 amide bonds. The number of halogens is 1. The van der Waals surface area contributed by atoms with Gasteiger partial charge in [0, 0.05) is 20.8 Å². The van der Waals surface area contributed by atoms with Gasteiger partial charge < -0.3 is 5.73 Å². The molecule has 88 valence electrons. The number of aryl methyl sites for hydroxylation is 1. The third kappa shape index (κ3) is 3.12. The molecule has 3 heteroatoms. The lowest BCUT2D eigenvalue weighted by Crippen LogP contribution is -1.98. The zero-order valence-corrected chi connectivity index (χ0v) is 12.0. The summed E-state index contributed by atoms with van der Waals surface area (Å²) in [5, 5.41) is 0. The van der Waals surface area contributed by atoms with Crippen molar-refractivity contribution in [2.45, 2.75) is 23.3 Å². The lowest BCUT2D eigenvalue weighted by Gasteiger charge is -2.09. The summed E-state index contributed by atoms with van der Waals surface area (Å²) in [6.45, 7) is 2.68. The van der Waals surface area contributed by atoms with Crippen LogP contribution < -0.4 is 5.73 Å². The predicted octanol–water partition coefficient (Wildman–Crippen LogP) is 4.37. The van der Waals surface area contributed by atoms with E-state index in [1.165, 1.54) is 20.9 Å². The average Bonchev–Trinajstić information content (AvgIpc) is 2.32. The first-order valence-corrected chi connectivity index (χ1v) is 7.03. The maximum Gasteiger partial charge on any atom is 0.0314 e. The van der Waals surface area contributed by atoms with Crippen LogP contribution in [0.3, 0.4) is 0 Å². The van der Waals surface area contributed by atoms with Crippen LogP contribution in [0.2, 0.25) is 0 Å². The van der Waals surface area contributed by atoms with Gasteiger partial charge in [0.25, 0.3) is 0 Å². The average molecular weight is 308 g/mol. The minimum Gasteiger partial charge on any atom is -0.326 e. The highest BCUT2D eigenvalue weighted by molar-refractivity contribution is 9.10. The first kappa shape index (κ1) is 12.7. The Hall–Kier alpha value is -0.770. The molecule has 0 aromatic heterocycles. The highest BCUT2D eigenvalue weighted by Gasteiger charge is 2.06. The number of hydrogen-bond acceptors (Lipinski definition) is 2. The van der Waals surface area contributed by atoms with Crippen LogP contribution in [0.25, 0.3) is 0 Å². The van der Waals surface area contributed by atoms with E-state index in [2.05, 4.69) is 53.2 Å². The smallest absolute Gasteiger partial charge is 0.0314 e. The zero-order chi connectivity index (χ0) is 12.3. The largest absolute Gasteiger partial charge is 0.326 e. The summed E-state index contributed by atoms with van der Waals surface area (Å²) in [5.41, 5.74) is 8.22. The molecule has 0 fully saturated rings. The van der Waals surface area contributed by atoms with Crippen molar-refractivity contribution in [1.29, 1.82) is 0 Å². The van der Waals surface area contributed by atoms with Gasteiger partial charge in [0.1, 0.15) is 0 Å². The van der Waals surface area contributed by atoms with Crippen LogP contribution in [0.5, 0.6) is 0 Å². The molecule has 0 aliphatic rings. The third-order valence-electron chi connectivity index (χ3n) is 2.50. The van der Waals surface area contributed by atoms with E-state index in [9.17, 15) is 0 Å². The van der Waals surface area contributed by atoms with Crippen LogP contribution in [0.4, 0.5) is 0 Å². The summed E-state index contributed by atoms with van der Waals surface area (Å²) in [5.74, 6) is 0. The summed E-state index contributed by atoms with van der Waals surface area (Å²) in [6.07, 6.45) is 0. The van der Waals surface area contributed by atoms with E-state index in [0.717, 1.165) is 4.47 Å². The molecule has 0 aliphatic carbocycles. The third-order valence-corrected chi connectivity index (χ3v) is 4.63. The fourth-order valence-corrected chi connectivity index (χ4v) is 3.18. The second-order valence-electron chi connectivity index (χ2n) is 3.85. The Morgan fingerprint density at radius 3 is 2.59 bits per heavy atom. The molecule has 2 rings (SSSR count). The molecule has 0 saturated carbocycles. The molecule has 0 heterocycles. The monoisotopic (exact) mass is 307 g/mol. The van der Waals surface area contributed by atoms with Gasteiger partial charge in [-0.2, -0.15) is 0 Å². The fourth-order valence-electron chi connectivity index (χ4n) is 1.57. The number of benzene rings is 2. The predicted molar refractivity (Wildman–Crippen MR) is 77.3 cm³/mol. The summed E-state index contributed by atoms with van der Waals surface area (Å²) >= 11 is 5.32. The Labute approximate surface area is 115 Å². The number of hydrogen-bond donors (Lipinski definition) is 1. The number of nitrogens with two attached hydrogens (primary N) is 1. The molecule has 2 aromatic rings. The van der Waals surface area contributed by atoms with Gasteiger partial charge in [0.15, 0.2) is 0 Å². The Kier molecular flexibility index (Phi) is 4.26. The quantitative estimate of drug-likeness (QED) is 0.911. The van der Waals surface area contributed by atoms with E-state index in [1.54, 1.807) is 11.8 Å². The van der Waals surface area contributed by atoms with Crippen molar-refractivity contribution >= 4 is 27.7 Å². The first-order chi connectivity index (χ1) is 8.20. The highest BCUT2D eigenvalue weighted by atomic mass is 79.9. The van der Waals surface area contributed by atoms with E-state index in [0.29, 0.717) is 6.54 Å². The molecule has 0 bridgehead atoms. The maximum absolute atomic E-state index is 5.77. The van der Waals surface area contributed by atoms with Crippen LogP contribution >= 0.6 is 27.7 Å². The summed E-state index contributed by atoms with van der Waals surface area (Å²) in [4.78, 5) is 2.45. The van der Waals surface area contributed by atoms with Crippen molar-refractivity contribution in [1.82, 2.24) is 0 Å². The van der Waals surface area contributed by atoms with Gasteiger partial charge in [-0.1, -0.05) is 36.0 Å². The van der Waals surface area contributed by atoms with E-state index in [4.69, 9.17) is 5.73 Å². The van der Waals surface area contributed by atoms with Crippen molar-refractivity contribution in [2.75, 3.05) is 0 Å². The summed E-state index contributed by atoms with van der Waals surface area (Å²) in [7, 11) is 0. The van der Waals surface area contributed by atoms with Gasteiger partial charge in [0.05, 0.1) is 0 Å². The molecule has 1 nitrogen and oxygen atoms in total.